The molecule has 5 heteroatoms. The molecule has 1 rings (SSSR count). The van der Waals surface area contributed by atoms with E-state index in [4.69, 9.17) is 4.74 Å². The van der Waals surface area contributed by atoms with Gasteiger partial charge in [-0.25, -0.2) is 9.97 Å². The molecule has 0 aromatic carbocycles. The zero-order valence-electron chi connectivity index (χ0n) is 8.40. The summed E-state index contributed by atoms with van der Waals surface area (Å²) < 4.78 is 6.03. The Morgan fingerprint density at radius 1 is 1.43 bits per heavy atom. The third-order valence-corrected chi connectivity index (χ3v) is 2.35. The summed E-state index contributed by atoms with van der Waals surface area (Å²) in [5.74, 6) is 0.765. The number of aromatic nitrogens is 2. The van der Waals surface area contributed by atoms with E-state index < -0.39 is 0 Å². The van der Waals surface area contributed by atoms with Gasteiger partial charge in [0.1, 0.15) is 0 Å². The van der Waals surface area contributed by atoms with Crippen LogP contribution in [0.2, 0.25) is 0 Å². The summed E-state index contributed by atoms with van der Waals surface area (Å²) in [7, 11) is 3.69. The van der Waals surface area contributed by atoms with Crippen LogP contribution in [-0.4, -0.2) is 37.3 Å². The number of hydrogen-bond donors (Lipinski definition) is 0. The van der Waals surface area contributed by atoms with Gasteiger partial charge in [0.2, 0.25) is 5.95 Å². The van der Waals surface area contributed by atoms with Crippen molar-refractivity contribution in [3.8, 4) is 0 Å². The van der Waals surface area contributed by atoms with Crippen LogP contribution in [0.4, 0.5) is 5.95 Å². The van der Waals surface area contributed by atoms with Gasteiger partial charge in [-0.1, -0.05) is 0 Å². The fourth-order valence-corrected chi connectivity index (χ4v) is 1.33. The van der Waals surface area contributed by atoms with Gasteiger partial charge in [-0.3, -0.25) is 0 Å². The summed E-state index contributed by atoms with van der Waals surface area (Å²) in [6.07, 6.45) is 4.62. The van der Waals surface area contributed by atoms with E-state index in [0.29, 0.717) is 0 Å². The maximum atomic E-state index is 4.98. The van der Waals surface area contributed by atoms with Crippen LogP contribution in [0.5, 0.6) is 0 Å². The first-order valence-corrected chi connectivity index (χ1v) is 5.49. The number of rotatable bonds is 5. The van der Waals surface area contributed by atoms with Gasteiger partial charge in [0.15, 0.2) is 0 Å². The highest BCUT2D eigenvalue weighted by Gasteiger charge is 2.02. The summed E-state index contributed by atoms with van der Waals surface area (Å²) >= 11 is 2.19. The van der Waals surface area contributed by atoms with Gasteiger partial charge < -0.3 is 9.64 Å². The first-order chi connectivity index (χ1) is 6.74. The average Bonchev–Trinajstić information content (AvgIpc) is 2.19. The second-order valence-corrected chi connectivity index (χ2v) is 4.21. The highest BCUT2D eigenvalue weighted by atomic mass is 127. The monoisotopic (exact) mass is 307 g/mol. The van der Waals surface area contributed by atoms with Crippen molar-refractivity contribution in [2.75, 3.05) is 32.2 Å². The second-order valence-electron chi connectivity index (χ2n) is 2.97. The van der Waals surface area contributed by atoms with Crippen LogP contribution in [0.15, 0.2) is 12.4 Å². The Morgan fingerprint density at radius 2 is 2.07 bits per heavy atom. The SMILES string of the molecule is COCCCN(C)c1ncc(I)cn1. The van der Waals surface area contributed by atoms with Gasteiger partial charge in [0, 0.05) is 43.3 Å². The Hall–Kier alpha value is -0.430. The highest BCUT2D eigenvalue weighted by Crippen LogP contribution is 2.06. The zero-order valence-corrected chi connectivity index (χ0v) is 10.6. The molecule has 0 aliphatic heterocycles. The lowest BCUT2D eigenvalue weighted by atomic mass is 10.4. The van der Waals surface area contributed by atoms with Crippen LogP contribution in [0.1, 0.15) is 6.42 Å². The van der Waals surface area contributed by atoms with Crippen LogP contribution in [0.25, 0.3) is 0 Å². The molecule has 0 fully saturated rings. The van der Waals surface area contributed by atoms with E-state index in [1.54, 1.807) is 7.11 Å². The van der Waals surface area contributed by atoms with Crippen LogP contribution in [0, 0.1) is 3.57 Å². The lowest BCUT2D eigenvalue weighted by molar-refractivity contribution is 0.196. The summed E-state index contributed by atoms with van der Waals surface area (Å²) in [5.41, 5.74) is 0. The Balaban J connectivity index is 2.43. The molecule has 1 aromatic rings. The normalized spacial score (nSPS) is 10.2. The second kappa shape index (κ2) is 6.13. The Labute approximate surface area is 97.8 Å². The number of anilines is 1. The first-order valence-electron chi connectivity index (χ1n) is 4.41. The highest BCUT2D eigenvalue weighted by molar-refractivity contribution is 14.1. The lowest BCUT2D eigenvalue weighted by Crippen LogP contribution is -2.21. The van der Waals surface area contributed by atoms with E-state index in [2.05, 4.69) is 32.6 Å². The molecule has 1 aromatic heterocycles. The minimum atomic E-state index is 0.765. The van der Waals surface area contributed by atoms with Gasteiger partial charge in [0.25, 0.3) is 0 Å². The van der Waals surface area contributed by atoms with E-state index in [-0.39, 0.29) is 0 Å². The predicted molar refractivity (Wildman–Crippen MR) is 64.5 cm³/mol. The summed E-state index contributed by atoms with van der Waals surface area (Å²) in [5, 5.41) is 0. The molecule has 78 valence electrons. The summed E-state index contributed by atoms with van der Waals surface area (Å²) in [6.45, 7) is 1.68. The topological polar surface area (TPSA) is 38.2 Å². The molecule has 0 atom stereocenters. The molecule has 0 aliphatic rings. The molecule has 0 radical (unpaired) electrons. The fourth-order valence-electron chi connectivity index (χ4n) is 1.05. The fraction of sp³-hybridized carbons (Fsp3) is 0.556. The molecule has 0 saturated carbocycles. The van der Waals surface area contributed by atoms with E-state index >= 15 is 0 Å². The molecular weight excluding hydrogens is 293 g/mol. The molecule has 0 N–H and O–H groups in total. The number of halogens is 1. The van der Waals surface area contributed by atoms with E-state index in [0.717, 1.165) is 29.1 Å². The third-order valence-electron chi connectivity index (χ3n) is 1.79. The minimum absolute atomic E-state index is 0.765. The largest absolute Gasteiger partial charge is 0.385 e. The van der Waals surface area contributed by atoms with Gasteiger partial charge in [-0.05, 0) is 29.0 Å². The van der Waals surface area contributed by atoms with Crippen molar-refractivity contribution in [3.63, 3.8) is 0 Å². The molecule has 1 heterocycles. The smallest absolute Gasteiger partial charge is 0.225 e. The van der Waals surface area contributed by atoms with Gasteiger partial charge in [-0.2, -0.15) is 0 Å². The molecule has 0 aliphatic carbocycles. The van der Waals surface area contributed by atoms with E-state index in [1.807, 2.05) is 24.3 Å². The first kappa shape index (κ1) is 11.6. The quantitative estimate of drug-likeness (QED) is 0.611. The van der Waals surface area contributed by atoms with Gasteiger partial charge in [-0.15, -0.1) is 0 Å². The molecule has 14 heavy (non-hydrogen) atoms. The van der Waals surface area contributed by atoms with Crippen molar-refractivity contribution in [2.24, 2.45) is 0 Å². The molecule has 0 unspecified atom stereocenters. The van der Waals surface area contributed by atoms with Crippen molar-refractivity contribution >= 4 is 28.5 Å². The number of ether oxygens (including phenoxy) is 1. The maximum absolute atomic E-state index is 4.98. The Morgan fingerprint density at radius 3 is 2.64 bits per heavy atom. The average molecular weight is 307 g/mol. The number of nitrogens with zero attached hydrogens (tertiary/aromatic N) is 3. The van der Waals surface area contributed by atoms with E-state index in [9.17, 15) is 0 Å². The van der Waals surface area contributed by atoms with Crippen molar-refractivity contribution < 1.29 is 4.74 Å². The summed E-state index contributed by atoms with van der Waals surface area (Å²) in [4.78, 5) is 10.5. The maximum Gasteiger partial charge on any atom is 0.225 e. The molecule has 0 saturated heterocycles. The van der Waals surface area contributed by atoms with Crippen molar-refractivity contribution in [1.29, 1.82) is 0 Å². The van der Waals surface area contributed by atoms with Crippen molar-refractivity contribution in [3.05, 3.63) is 16.0 Å². The standard InChI is InChI=1S/C9H14IN3O/c1-13(4-3-5-14-2)9-11-6-8(10)7-12-9/h6-7H,3-5H2,1-2H3. The van der Waals surface area contributed by atoms with Crippen molar-refractivity contribution in [1.82, 2.24) is 9.97 Å². The number of methoxy groups -OCH3 is 1. The van der Waals surface area contributed by atoms with Crippen molar-refractivity contribution in [2.45, 2.75) is 6.42 Å². The molecule has 4 nitrogen and oxygen atoms in total. The molecule has 0 spiro atoms. The Bertz CT molecular complexity index is 265. The van der Waals surface area contributed by atoms with E-state index in [1.165, 1.54) is 0 Å². The minimum Gasteiger partial charge on any atom is -0.385 e. The van der Waals surface area contributed by atoms with Crippen LogP contribution in [0.3, 0.4) is 0 Å². The van der Waals surface area contributed by atoms with Crippen LogP contribution < -0.4 is 4.90 Å². The van der Waals surface area contributed by atoms with Crippen LogP contribution in [-0.2, 0) is 4.74 Å². The lowest BCUT2D eigenvalue weighted by Gasteiger charge is -2.15. The predicted octanol–water partition coefficient (Wildman–Crippen LogP) is 1.55. The molecule has 0 amide bonds. The van der Waals surface area contributed by atoms with Crippen LogP contribution >= 0.6 is 22.6 Å². The van der Waals surface area contributed by atoms with Gasteiger partial charge in [0.05, 0.1) is 0 Å². The third kappa shape index (κ3) is 3.75. The molecular formula is C9H14IN3O. The zero-order chi connectivity index (χ0) is 10.4. The molecule has 0 bridgehead atoms. The van der Waals surface area contributed by atoms with Gasteiger partial charge >= 0.3 is 0 Å². The Kier molecular flexibility index (Phi) is 5.10. The number of hydrogen-bond acceptors (Lipinski definition) is 4. The summed E-state index contributed by atoms with van der Waals surface area (Å²) in [6, 6.07) is 0.